The lowest BCUT2D eigenvalue weighted by Gasteiger charge is -2.40. The number of aliphatic hydroxyl groups is 2. The van der Waals surface area contributed by atoms with E-state index in [4.69, 9.17) is 0 Å². The fourth-order valence-corrected chi connectivity index (χ4v) is 8.25. The molecule has 4 fully saturated rings. The summed E-state index contributed by atoms with van der Waals surface area (Å²) >= 11 is 0. The number of carbonyl (C=O) groups is 4. The molecule has 8 nitrogen and oxygen atoms in total. The van der Waals surface area contributed by atoms with E-state index >= 15 is 0 Å². The Morgan fingerprint density at radius 3 is 2.62 bits per heavy atom. The molecule has 3 aliphatic carbocycles. The van der Waals surface area contributed by atoms with Gasteiger partial charge in [0.15, 0.2) is 5.78 Å². The van der Waals surface area contributed by atoms with E-state index in [-0.39, 0.29) is 53.9 Å². The quantitative estimate of drug-likeness (QED) is 0.401. The normalized spacial score (nSPS) is 46.0. The Kier molecular flexibility index (Phi) is 7.14. The molecule has 2 amide bonds. The second-order valence-corrected chi connectivity index (χ2v) is 11.7. The summed E-state index contributed by atoms with van der Waals surface area (Å²) in [6, 6.07) is -1.17. The molecule has 8 heteroatoms. The van der Waals surface area contributed by atoms with Crippen molar-refractivity contribution in [3.63, 3.8) is 0 Å². The Morgan fingerprint density at radius 1 is 1.08 bits per heavy atom. The first kappa shape index (κ1) is 25.9. The number of ketones is 2. The van der Waals surface area contributed by atoms with Crippen molar-refractivity contribution in [2.45, 2.75) is 64.5 Å². The summed E-state index contributed by atoms with van der Waals surface area (Å²) in [6.45, 7) is 4.68. The molecule has 3 saturated carbocycles. The van der Waals surface area contributed by atoms with Crippen LogP contribution in [0.15, 0.2) is 35.6 Å². The average Bonchev–Trinajstić information content (AvgIpc) is 3.48. The van der Waals surface area contributed by atoms with Crippen molar-refractivity contribution in [2.75, 3.05) is 6.54 Å². The summed E-state index contributed by atoms with van der Waals surface area (Å²) in [4.78, 5) is 51.2. The number of carbonyl (C=O) groups excluding carboxylic acids is 4. The Labute approximate surface area is 217 Å². The van der Waals surface area contributed by atoms with Gasteiger partial charge in [-0.25, -0.2) is 0 Å². The molecule has 2 aliphatic heterocycles. The molecule has 0 spiro atoms. The van der Waals surface area contributed by atoms with Gasteiger partial charge < -0.3 is 20.8 Å². The van der Waals surface area contributed by atoms with Crippen LogP contribution in [-0.2, 0) is 19.2 Å². The Balaban J connectivity index is 1.47. The maximum absolute atomic E-state index is 13.5. The van der Waals surface area contributed by atoms with E-state index in [1.54, 1.807) is 6.08 Å². The number of allylic oxidation sites excluding steroid dienone is 3. The molecule has 4 N–H and O–H groups in total. The SMILES string of the molecule is CC[C@H]1C[C@H]2C[C@H]3[C@@H]4C/C=C\C(=O)NCC[C@@H](O)[C@H]5NC(=O)/C(=C(O)/C=C\[C@H]4CC(=O)[C@H]3[C@H]2[C@@H]1C)C5=O. The van der Waals surface area contributed by atoms with E-state index in [2.05, 4.69) is 24.5 Å². The third-order valence-corrected chi connectivity index (χ3v) is 9.99. The maximum atomic E-state index is 13.5. The number of hydrogen-bond acceptors (Lipinski definition) is 6. The zero-order valence-corrected chi connectivity index (χ0v) is 21.6. The number of aliphatic hydroxyl groups excluding tert-OH is 2. The third-order valence-electron chi connectivity index (χ3n) is 9.99. The minimum absolute atomic E-state index is 0.0374. The zero-order valence-electron chi connectivity index (χ0n) is 21.6. The Hall–Kier alpha value is -2.74. The predicted molar refractivity (Wildman–Crippen MR) is 136 cm³/mol. The second kappa shape index (κ2) is 10.2. The first-order valence-corrected chi connectivity index (χ1v) is 13.8. The number of hydrogen-bond donors (Lipinski definition) is 4. The van der Waals surface area contributed by atoms with E-state index in [1.807, 2.05) is 6.08 Å². The summed E-state index contributed by atoms with van der Waals surface area (Å²) in [5.41, 5.74) is -0.372. The zero-order chi connectivity index (χ0) is 26.4. The molecule has 10 atom stereocenters. The van der Waals surface area contributed by atoms with Crippen LogP contribution < -0.4 is 10.6 Å². The average molecular weight is 511 g/mol. The molecule has 2 bridgehead atoms. The van der Waals surface area contributed by atoms with Crippen molar-refractivity contribution in [1.82, 2.24) is 10.6 Å². The van der Waals surface area contributed by atoms with Gasteiger partial charge in [0, 0.05) is 18.9 Å². The first-order chi connectivity index (χ1) is 17.7. The van der Waals surface area contributed by atoms with Crippen molar-refractivity contribution in [1.29, 1.82) is 0 Å². The van der Waals surface area contributed by atoms with Crippen molar-refractivity contribution in [3.8, 4) is 0 Å². The molecule has 0 aromatic heterocycles. The van der Waals surface area contributed by atoms with E-state index in [0.29, 0.717) is 36.5 Å². The van der Waals surface area contributed by atoms with Crippen LogP contribution in [0, 0.1) is 47.3 Å². The van der Waals surface area contributed by atoms with Crippen molar-refractivity contribution in [3.05, 3.63) is 35.6 Å². The molecule has 0 aromatic carbocycles. The highest BCUT2D eigenvalue weighted by Crippen LogP contribution is 2.61. The van der Waals surface area contributed by atoms with E-state index in [0.717, 1.165) is 12.8 Å². The number of amides is 2. The highest BCUT2D eigenvalue weighted by Gasteiger charge is 2.58. The summed E-state index contributed by atoms with van der Waals surface area (Å²) < 4.78 is 0. The van der Waals surface area contributed by atoms with E-state index < -0.39 is 29.6 Å². The fourth-order valence-electron chi connectivity index (χ4n) is 8.25. The minimum Gasteiger partial charge on any atom is -0.507 e. The van der Waals surface area contributed by atoms with Gasteiger partial charge in [-0.3, -0.25) is 19.2 Å². The van der Waals surface area contributed by atoms with E-state index in [1.165, 1.54) is 18.6 Å². The number of fused-ring (bicyclic) bond motifs is 7. The van der Waals surface area contributed by atoms with Crippen LogP contribution in [0.4, 0.5) is 0 Å². The molecule has 5 aliphatic rings. The molecule has 1 saturated heterocycles. The van der Waals surface area contributed by atoms with Gasteiger partial charge in [-0.1, -0.05) is 32.4 Å². The van der Waals surface area contributed by atoms with Gasteiger partial charge >= 0.3 is 0 Å². The molecule has 0 aromatic rings. The van der Waals surface area contributed by atoms with Gasteiger partial charge in [0.2, 0.25) is 5.91 Å². The number of Topliss-reactive ketones (excluding diaryl/α,β-unsaturated/α-hetero) is 2. The summed E-state index contributed by atoms with van der Waals surface area (Å²) in [6.07, 6.45) is 9.70. The highest BCUT2D eigenvalue weighted by atomic mass is 16.3. The van der Waals surface area contributed by atoms with Crippen LogP contribution in [0.5, 0.6) is 0 Å². The standard InChI is InChI=1S/C29H38N2O6/c1-3-15-11-17-12-19-18-5-4-6-23(35)30-10-9-21(33)27-28(36)26(29(37)31-27)20(32)8-7-16(18)13-22(34)25(19)24(17)14(15)2/h4,6-8,14-19,21,24-25,27,32-33H,3,5,9-13H2,1-2H3,(H,30,35)(H,31,37)/b6-4-,8-7-,26-20-/t14-,15+,16+,17+,18-,19+,21-,24+,25+,27-/m1/s1. The van der Waals surface area contributed by atoms with Crippen molar-refractivity contribution in [2.24, 2.45) is 47.3 Å². The summed E-state index contributed by atoms with van der Waals surface area (Å²) in [5.74, 6) is 0.507. The van der Waals surface area contributed by atoms with Crippen LogP contribution in [0.3, 0.4) is 0 Å². The molecule has 0 radical (unpaired) electrons. The third kappa shape index (κ3) is 4.58. The van der Waals surface area contributed by atoms with Gasteiger partial charge in [-0.05, 0) is 79.3 Å². The van der Waals surface area contributed by atoms with Gasteiger partial charge in [-0.15, -0.1) is 0 Å². The highest BCUT2D eigenvalue weighted by molar-refractivity contribution is 6.27. The molecule has 5 rings (SSSR count). The topological polar surface area (TPSA) is 133 Å². The minimum atomic E-state index is -1.20. The lowest BCUT2D eigenvalue weighted by atomic mass is 9.63. The van der Waals surface area contributed by atoms with Crippen LogP contribution in [0.2, 0.25) is 0 Å². The van der Waals surface area contributed by atoms with Gasteiger partial charge in [-0.2, -0.15) is 0 Å². The molecule has 37 heavy (non-hydrogen) atoms. The maximum Gasteiger partial charge on any atom is 0.259 e. The lowest BCUT2D eigenvalue weighted by molar-refractivity contribution is -0.131. The largest absolute Gasteiger partial charge is 0.507 e. The van der Waals surface area contributed by atoms with Gasteiger partial charge in [0.25, 0.3) is 5.91 Å². The van der Waals surface area contributed by atoms with Crippen LogP contribution >= 0.6 is 0 Å². The van der Waals surface area contributed by atoms with E-state index in [9.17, 15) is 29.4 Å². The van der Waals surface area contributed by atoms with Crippen molar-refractivity contribution < 1.29 is 29.4 Å². The van der Waals surface area contributed by atoms with Gasteiger partial charge in [0.1, 0.15) is 23.2 Å². The summed E-state index contributed by atoms with van der Waals surface area (Å²) in [5, 5.41) is 26.3. The monoisotopic (exact) mass is 510 g/mol. The molecule has 2 heterocycles. The molecule has 0 unspecified atom stereocenters. The molecular formula is C29H38N2O6. The second-order valence-electron chi connectivity index (χ2n) is 11.7. The Bertz CT molecular complexity index is 1080. The smallest absolute Gasteiger partial charge is 0.259 e. The predicted octanol–water partition coefficient (Wildman–Crippen LogP) is 2.39. The molecule has 200 valence electrons. The lowest BCUT2D eigenvalue weighted by Crippen LogP contribution is -2.42. The number of nitrogens with one attached hydrogen (secondary N) is 2. The number of rotatable bonds is 1. The molecular weight excluding hydrogens is 472 g/mol. The van der Waals surface area contributed by atoms with Crippen LogP contribution in [0.25, 0.3) is 0 Å². The van der Waals surface area contributed by atoms with Crippen LogP contribution in [0.1, 0.15) is 52.4 Å². The Morgan fingerprint density at radius 2 is 1.86 bits per heavy atom. The first-order valence-electron chi connectivity index (χ1n) is 13.8. The fraction of sp³-hybridized carbons (Fsp3) is 0.655. The summed E-state index contributed by atoms with van der Waals surface area (Å²) in [7, 11) is 0. The van der Waals surface area contributed by atoms with Crippen molar-refractivity contribution >= 4 is 23.4 Å². The van der Waals surface area contributed by atoms with Crippen LogP contribution in [-0.4, -0.2) is 52.3 Å². The van der Waals surface area contributed by atoms with Gasteiger partial charge in [0.05, 0.1) is 6.10 Å².